The van der Waals surface area contributed by atoms with Crippen molar-refractivity contribution in [3.63, 3.8) is 0 Å². The number of hydrogen-bond acceptors (Lipinski definition) is 3. The van der Waals surface area contributed by atoms with E-state index in [0.29, 0.717) is 11.7 Å². The first-order valence-electron chi connectivity index (χ1n) is 4.67. The zero-order valence-corrected chi connectivity index (χ0v) is 8.77. The molecule has 2 N–H and O–H groups in total. The average molecular weight is 203 g/mol. The summed E-state index contributed by atoms with van der Waals surface area (Å²) in [5.41, 5.74) is 7.94. The molecule has 0 saturated carbocycles. The second kappa shape index (κ2) is 3.65. The summed E-state index contributed by atoms with van der Waals surface area (Å²) in [6.45, 7) is 2.04. The fraction of sp³-hybridized carbons (Fsp3) is 0.182. The van der Waals surface area contributed by atoms with Gasteiger partial charge in [0.1, 0.15) is 5.82 Å². The molecule has 78 valence electrons. The molecule has 15 heavy (non-hydrogen) atoms. The van der Waals surface area contributed by atoms with E-state index in [1.54, 1.807) is 17.9 Å². The molecule has 0 bridgehead atoms. The largest absolute Gasteiger partial charge is 0.480 e. The predicted molar refractivity (Wildman–Crippen MR) is 59.3 cm³/mol. The van der Waals surface area contributed by atoms with Crippen LogP contribution in [0.2, 0.25) is 0 Å². The van der Waals surface area contributed by atoms with E-state index in [4.69, 9.17) is 10.5 Å². The third kappa shape index (κ3) is 1.79. The van der Waals surface area contributed by atoms with Crippen molar-refractivity contribution in [3.05, 3.63) is 35.9 Å². The Hall–Kier alpha value is -1.97. The Balaban J connectivity index is 2.44. The summed E-state index contributed by atoms with van der Waals surface area (Å²) in [6, 6.07) is 9.67. The number of ether oxygens (including phenoxy) is 1. The van der Waals surface area contributed by atoms with Crippen LogP contribution < -0.4 is 10.5 Å². The van der Waals surface area contributed by atoms with Crippen molar-refractivity contribution < 1.29 is 4.74 Å². The van der Waals surface area contributed by atoms with Gasteiger partial charge in [-0.25, -0.2) is 4.68 Å². The number of aromatic nitrogens is 2. The molecule has 0 aliphatic heterocycles. The minimum Gasteiger partial charge on any atom is -0.480 e. The molecule has 2 rings (SSSR count). The molecule has 4 nitrogen and oxygen atoms in total. The number of nitrogens with zero attached hydrogens (tertiary/aromatic N) is 2. The number of rotatable bonds is 2. The molecule has 0 spiro atoms. The maximum Gasteiger partial charge on any atom is 0.235 e. The van der Waals surface area contributed by atoms with E-state index < -0.39 is 0 Å². The number of anilines is 1. The van der Waals surface area contributed by atoms with Gasteiger partial charge >= 0.3 is 0 Å². The first-order valence-corrected chi connectivity index (χ1v) is 4.67. The maximum absolute atomic E-state index is 5.81. The van der Waals surface area contributed by atoms with E-state index >= 15 is 0 Å². The van der Waals surface area contributed by atoms with Crippen LogP contribution in [0, 0.1) is 6.92 Å². The number of hydrogen-bond donors (Lipinski definition) is 1. The second-order valence-corrected chi connectivity index (χ2v) is 3.36. The molecule has 4 heteroatoms. The van der Waals surface area contributed by atoms with E-state index in [1.807, 2.05) is 31.2 Å². The molecular formula is C11H13N3O. The molecule has 0 unspecified atom stereocenters. The SMILES string of the molecule is COc1cc(N)n(-c2ccc(C)cc2)n1. The predicted octanol–water partition coefficient (Wildman–Crippen LogP) is 1.77. The van der Waals surface area contributed by atoms with Crippen LogP contribution in [0.4, 0.5) is 5.82 Å². The van der Waals surface area contributed by atoms with Gasteiger partial charge in [0.25, 0.3) is 0 Å². The van der Waals surface area contributed by atoms with Crippen molar-refractivity contribution in [3.8, 4) is 11.6 Å². The summed E-state index contributed by atoms with van der Waals surface area (Å²) in [7, 11) is 1.57. The minimum absolute atomic E-state index is 0.521. The van der Waals surface area contributed by atoms with Gasteiger partial charge in [0, 0.05) is 6.07 Å². The molecule has 1 aromatic carbocycles. The normalized spacial score (nSPS) is 10.3. The maximum atomic E-state index is 5.81. The molecule has 0 saturated heterocycles. The number of aryl methyl sites for hydroxylation is 1. The number of benzene rings is 1. The summed E-state index contributed by atoms with van der Waals surface area (Å²) < 4.78 is 6.66. The highest BCUT2D eigenvalue weighted by molar-refractivity contribution is 5.45. The molecule has 0 aliphatic carbocycles. The Morgan fingerprint density at radius 3 is 2.47 bits per heavy atom. The van der Waals surface area contributed by atoms with E-state index in [1.165, 1.54) is 5.56 Å². The Kier molecular flexibility index (Phi) is 2.33. The topological polar surface area (TPSA) is 53.1 Å². The zero-order valence-electron chi connectivity index (χ0n) is 8.77. The number of nitrogen functional groups attached to an aromatic ring is 1. The lowest BCUT2D eigenvalue weighted by atomic mass is 10.2. The molecule has 0 amide bonds. The smallest absolute Gasteiger partial charge is 0.235 e. The monoisotopic (exact) mass is 203 g/mol. The van der Waals surface area contributed by atoms with E-state index in [-0.39, 0.29) is 0 Å². The minimum atomic E-state index is 0.521. The van der Waals surface area contributed by atoms with E-state index in [0.717, 1.165) is 5.69 Å². The molecule has 0 atom stereocenters. The van der Waals surface area contributed by atoms with Gasteiger partial charge in [0.05, 0.1) is 12.8 Å². The zero-order chi connectivity index (χ0) is 10.8. The standard InChI is InChI=1S/C11H13N3O/c1-8-3-5-9(6-4-8)14-10(12)7-11(13-14)15-2/h3-7H,12H2,1-2H3. The third-order valence-electron chi connectivity index (χ3n) is 2.20. The van der Waals surface area contributed by atoms with Crippen LogP contribution in [0.25, 0.3) is 5.69 Å². The van der Waals surface area contributed by atoms with Gasteiger partial charge in [-0.05, 0) is 19.1 Å². The summed E-state index contributed by atoms with van der Waals surface area (Å²) in [4.78, 5) is 0. The van der Waals surface area contributed by atoms with Crippen LogP contribution in [0.1, 0.15) is 5.56 Å². The molecule has 0 aliphatic rings. The number of nitrogens with two attached hydrogens (primary N) is 1. The van der Waals surface area contributed by atoms with Crippen LogP contribution >= 0.6 is 0 Å². The summed E-state index contributed by atoms with van der Waals surface area (Å²) in [6.07, 6.45) is 0. The van der Waals surface area contributed by atoms with Crippen LogP contribution in [0.5, 0.6) is 5.88 Å². The van der Waals surface area contributed by atoms with Gasteiger partial charge < -0.3 is 10.5 Å². The quantitative estimate of drug-likeness (QED) is 0.809. The Bertz CT molecular complexity index is 459. The van der Waals surface area contributed by atoms with Crippen molar-refractivity contribution in [2.24, 2.45) is 0 Å². The van der Waals surface area contributed by atoms with Crippen LogP contribution in [0.3, 0.4) is 0 Å². The fourth-order valence-corrected chi connectivity index (χ4v) is 1.37. The Labute approximate surface area is 88.3 Å². The van der Waals surface area contributed by atoms with Gasteiger partial charge in [-0.2, -0.15) is 0 Å². The summed E-state index contributed by atoms with van der Waals surface area (Å²) >= 11 is 0. The van der Waals surface area contributed by atoms with Crippen molar-refractivity contribution in [2.45, 2.75) is 6.92 Å². The van der Waals surface area contributed by atoms with Crippen LogP contribution in [-0.2, 0) is 0 Å². The molecular weight excluding hydrogens is 190 g/mol. The van der Waals surface area contributed by atoms with Crippen molar-refractivity contribution in [2.75, 3.05) is 12.8 Å². The van der Waals surface area contributed by atoms with Gasteiger partial charge in [0.2, 0.25) is 5.88 Å². The Morgan fingerprint density at radius 1 is 1.27 bits per heavy atom. The fourth-order valence-electron chi connectivity index (χ4n) is 1.37. The van der Waals surface area contributed by atoms with Gasteiger partial charge in [-0.3, -0.25) is 0 Å². The Morgan fingerprint density at radius 2 is 1.93 bits per heavy atom. The highest BCUT2D eigenvalue weighted by atomic mass is 16.5. The van der Waals surface area contributed by atoms with Crippen molar-refractivity contribution in [1.29, 1.82) is 0 Å². The first-order chi connectivity index (χ1) is 7.20. The summed E-state index contributed by atoms with van der Waals surface area (Å²) in [5, 5.41) is 4.20. The lowest BCUT2D eigenvalue weighted by Gasteiger charge is -2.03. The van der Waals surface area contributed by atoms with E-state index in [2.05, 4.69) is 5.10 Å². The van der Waals surface area contributed by atoms with Crippen LogP contribution in [-0.4, -0.2) is 16.9 Å². The lowest BCUT2D eigenvalue weighted by molar-refractivity contribution is 0.394. The first kappa shape index (κ1) is 9.58. The lowest BCUT2D eigenvalue weighted by Crippen LogP contribution is -2.01. The molecule has 1 aromatic heterocycles. The highest BCUT2D eigenvalue weighted by Crippen LogP contribution is 2.18. The van der Waals surface area contributed by atoms with Crippen molar-refractivity contribution >= 4 is 5.82 Å². The number of methoxy groups -OCH3 is 1. The third-order valence-corrected chi connectivity index (χ3v) is 2.20. The van der Waals surface area contributed by atoms with Gasteiger partial charge in [-0.1, -0.05) is 17.7 Å². The van der Waals surface area contributed by atoms with Gasteiger partial charge in [-0.15, -0.1) is 5.10 Å². The molecule has 2 aromatic rings. The molecule has 0 radical (unpaired) electrons. The van der Waals surface area contributed by atoms with Gasteiger partial charge in [0.15, 0.2) is 0 Å². The highest BCUT2D eigenvalue weighted by Gasteiger charge is 2.06. The average Bonchev–Trinajstić information content (AvgIpc) is 2.61. The molecule has 1 heterocycles. The van der Waals surface area contributed by atoms with E-state index in [9.17, 15) is 0 Å². The molecule has 0 fully saturated rings. The summed E-state index contributed by atoms with van der Waals surface area (Å²) in [5.74, 6) is 1.09. The van der Waals surface area contributed by atoms with Crippen LogP contribution in [0.15, 0.2) is 30.3 Å². The van der Waals surface area contributed by atoms with Crippen molar-refractivity contribution in [1.82, 2.24) is 9.78 Å². The second-order valence-electron chi connectivity index (χ2n) is 3.36.